The first-order valence-corrected chi connectivity index (χ1v) is 10.1. The lowest BCUT2D eigenvalue weighted by atomic mass is 10.1. The lowest BCUT2D eigenvalue weighted by molar-refractivity contribution is 0.0996. The fourth-order valence-electron chi connectivity index (χ4n) is 3.65. The third-order valence-electron chi connectivity index (χ3n) is 5.36. The number of aryl methyl sites for hydroxylation is 3. The van der Waals surface area contributed by atoms with Crippen molar-refractivity contribution in [1.29, 1.82) is 0 Å². The number of benzene rings is 2. The smallest absolute Gasteiger partial charge is 0.267 e. The van der Waals surface area contributed by atoms with Crippen LogP contribution in [-0.2, 0) is 13.0 Å². The summed E-state index contributed by atoms with van der Waals surface area (Å²) in [5, 5.41) is 8.09. The Labute approximate surface area is 184 Å². The van der Waals surface area contributed by atoms with E-state index in [-0.39, 0.29) is 17.4 Å². The van der Waals surface area contributed by atoms with Crippen LogP contribution in [0.1, 0.15) is 37.8 Å². The minimum atomic E-state index is -0.703. The SMILES string of the molecule is Cc1nn(CCc2ccc(F)cc2)c(C)c1NC(=O)c1cc(C(N)=O)nc2ccccc12. The van der Waals surface area contributed by atoms with E-state index in [2.05, 4.69) is 15.4 Å². The molecule has 2 heterocycles. The van der Waals surface area contributed by atoms with E-state index in [9.17, 15) is 14.0 Å². The number of hydrogen-bond donors (Lipinski definition) is 2. The number of primary amides is 1. The first kappa shape index (κ1) is 21.2. The molecule has 2 aromatic heterocycles. The molecule has 2 aromatic carbocycles. The van der Waals surface area contributed by atoms with Gasteiger partial charge in [-0.3, -0.25) is 14.3 Å². The number of para-hydroxylation sites is 1. The van der Waals surface area contributed by atoms with E-state index in [1.165, 1.54) is 18.2 Å². The molecule has 0 fully saturated rings. The standard InChI is InChI=1S/C24H22FN5O2/c1-14-22(15(2)30(29-14)12-11-16-7-9-17(25)10-8-16)28-24(32)19-13-21(23(26)31)27-20-6-4-3-5-18(19)20/h3-10,13H,11-12H2,1-2H3,(H2,26,31)(H,28,32). The van der Waals surface area contributed by atoms with Crippen molar-refractivity contribution in [2.45, 2.75) is 26.8 Å². The topological polar surface area (TPSA) is 103 Å². The molecule has 0 radical (unpaired) electrons. The van der Waals surface area contributed by atoms with Crippen molar-refractivity contribution in [2.75, 3.05) is 5.32 Å². The number of carbonyl (C=O) groups is 2. The zero-order valence-electron chi connectivity index (χ0n) is 17.7. The van der Waals surface area contributed by atoms with Crippen LogP contribution < -0.4 is 11.1 Å². The third-order valence-corrected chi connectivity index (χ3v) is 5.36. The van der Waals surface area contributed by atoms with Crippen molar-refractivity contribution in [1.82, 2.24) is 14.8 Å². The van der Waals surface area contributed by atoms with Gasteiger partial charge in [0.15, 0.2) is 0 Å². The van der Waals surface area contributed by atoms with Crippen LogP contribution in [-0.4, -0.2) is 26.6 Å². The number of aromatic nitrogens is 3. The van der Waals surface area contributed by atoms with Gasteiger partial charge in [0, 0.05) is 11.9 Å². The number of nitrogens with two attached hydrogens (primary N) is 1. The number of anilines is 1. The highest BCUT2D eigenvalue weighted by Crippen LogP contribution is 2.24. The van der Waals surface area contributed by atoms with Gasteiger partial charge in [0.1, 0.15) is 11.5 Å². The Kier molecular flexibility index (Phi) is 5.68. The van der Waals surface area contributed by atoms with Crippen molar-refractivity contribution in [3.8, 4) is 0 Å². The van der Waals surface area contributed by atoms with Gasteiger partial charge in [0.05, 0.1) is 28.2 Å². The van der Waals surface area contributed by atoms with Gasteiger partial charge >= 0.3 is 0 Å². The van der Waals surface area contributed by atoms with Gasteiger partial charge in [-0.1, -0.05) is 30.3 Å². The van der Waals surface area contributed by atoms with E-state index in [1.807, 2.05) is 18.5 Å². The molecule has 0 saturated heterocycles. The molecular formula is C24H22FN5O2. The summed E-state index contributed by atoms with van der Waals surface area (Å²) >= 11 is 0. The quantitative estimate of drug-likeness (QED) is 0.485. The lowest BCUT2D eigenvalue weighted by Gasteiger charge is -2.10. The maximum absolute atomic E-state index is 13.2. The molecular weight excluding hydrogens is 409 g/mol. The maximum Gasteiger partial charge on any atom is 0.267 e. The number of nitrogens with zero attached hydrogens (tertiary/aromatic N) is 3. The Morgan fingerprint density at radius 2 is 1.81 bits per heavy atom. The minimum absolute atomic E-state index is 0.0253. The average molecular weight is 431 g/mol. The summed E-state index contributed by atoms with van der Waals surface area (Å²) in [5.41, 5.74) is 9.31. The van der Waals surface area contributed by atoms with Gasteiger partial charge in [0.25, 0.3) is 11.8 Å². The molecule has 0 atom stereocenters. The van der Waals surface area contributed by atoms with E-state index in [0.29, 0.717) is 40.8 Å². The number of rotatable bonds is 6. The Bertz CT molecular complexity index is 1330. The number of nitrogens with one attached hydrogen (secondary N) is 1. The molecule has 0 unspecified atom stereocenters. The number of fused-ring (bicyclic) bond motifs is 1. The molecule has 0 aliphatic carbocycles. The summed E-state index contributed by atoms with van der Waals surface area (Å²) in [6, 6.07) is 14.8. The second-order valence-electron chi connectivity index (χ2n) is 7.54. The Morgan fingerprint density at radius 1 is 1.09 bits per heavy atom. The van der Waals surface area contributed by atoms with Crippen molar-refractivity contribution in [3.05, 3.63) is 88.6 Å². The number of carbonyl (C=O) groups excluding carboxylic acids is 2. The second-order valence-corrected chi connectivity index (χ2v) is 7.54. The maximum atomic E-state index is 13.2. The summed E-state index contributed by atoms with van der Waals surface area (Å²) in [7, 11) is 0. The normalized spacial score (nSPS) is 11.0. The number of pyridine rings is 1. The monoisotopic (exact) mass is 431 g/mol. The van der Waals surface area contributed by atoms with E-state index < -0.39 is 5.91 Å². The molecule has 0 saturated carbocycles. The fraction of sp³-hybridized carbons (Fsp3) is 0.167. The van der Waals surface area contributed by atoms with Crippen molar-refractivity contribution in [2.24, 2.45) is 5.73 Å². The first-order chi connectivity index (χ1) is 15.3. The van der Waals surface area contributed by atoms with Gasteiger partial charge in [-0.05, 0) is 50.1 Å². The molecule has 0 spiro atoms. The molecule has 3 N–H and O–H groups in total. The molecule has 2 amide bonds. The van der Waals surface area contributed by atoms with Crippen LogP contribution in [0.2, 0.25) is 0 Å². The predicted molar refractivity (Wildman–Crippen MR) is 120 cm³/mol. The Balaban J connectivity index is 1.60. The van der Waals surface area contributed by atoms with Crippen LogP contribution in [0.3, 0.4) is 0 Å². The summed E-state index contributed by atoms with van der Waals surface area (Å²) in [6.45, 7) is 4.27. The van der Waals surface area contributed by atoms with Crippen molar-refractivity contribution in [3.63, 3.8) is 0 Å². The van der Waals surface area contributed by atoms with E-state index >= 15 is 0 Å². The summed E-state index contributed by atoms with van der Waals surface area (Å²) < 4.78 is 14.9. The highest BCUT2D eigenvalue weighted by atomic mass is 19.1. The van der Waals surface area contributed by atoms with Gasteiger partial charge in [-0.25, -0.2) is 9.37 Å². The van der Waals surface area contributed by atoms with Crippen molar-refractivity contribution < 1.29 is 14.0 Å². The van der Waals surface area contributed by atoms with E-state index in [4.69, 9.17) is 5.73 Å². The molecule has 32 heavy (non-hydrogen) atoms. The van der Waals surface area contributed by atoms with Crippen LogP contribution in [0.15, 0.2) is 54.6 Å². The van der Waals surface area contributed by atoms with Crippen LogP contribution in [0, 0.1) is 19.7 Å². The zero-order chi connectivity index (χ0) is 22.8. The average Bonchev–Trinajstić information content (AvgIpc) is 3.05. The van der Waals surface area contributed by atoms with E-state index in [1.54, 1.807) is 36.4 Å². The molecule has 8 heteroatoms. The molecule has 162 valence electrons. The lowest BCUT2D eigenvalue weighted by Crippen LogP contribution is -2.18. The second kappa shape index (κ2) is 8.58. The minimum Gasteiger partial charge on any atom is -0.364 e. The van der Waals surface area contributed by atoms with Gasteiger partial charge < -0.3 is 11.1 Å². The number of hydrogen-bond acceptors (Lipinski definition) is 4. The molecule has 4 aromatic rings. The highest BCUT2D eigenvalue weighted by Gasteiger charge is 2.19. The summed E-state index contributed by atoms with van der Waals surface area (Å²) in [5.74, 6) is -1.35. The molecule has 4 rings (SSSR count). The molecule has 0 aliphatic rings. The van der Waals surface area contributed by atoms with Gasteiger partial charge in [0.2, 0.25) is 0 Å². The van der Waals surface area contributed by atoms with E-state index in [0.717, 1.165) is 11.3 Å². The van der Waals surface area contributed by atoms with Gasteiger partial charge in [-0.15, -0.1) is 0 Å². The molecule has 7 nitrogen and oxygen atoms in total. The zero-order valence-corrected chi connectivity index (χ0v) is 17.7. The van der Waals surface area contributed by atoms with Crippen molar-refractivity contribution >= 4 is 28.4 Å². The highest BCUT2D eigenvalue weighted by molar-refractivity contribution is 6.14. The summed E-state index contributed by atoms with van der Waals surface area (Å²) in [4.78, 5) is 29.1. The Morgan fingerprint density at radius 3 is 2.53 bits per heavy atom. The molecule has 0 bridgehead atoms. The number of halogens is 1. The Hall–Kier alpha value is -4.07. The number of amides is 2. The first-order valence-electron chi connectivity index (χ1n) is 10.1. The fourth-order valence-corrected chi connectivity index (χ4v) is 3.65. The molecule has 0 aliphatic heterocycles. The third kappa shape index (κ3) is 4.20. The largest absolute Gasteiger partial charge is 0.364 e. The van der Waals surface area contributed by atoms with Gasteiger partial charge in [-0.2, -0.15) is 5.10 Å². The predicted octanol–water partition coefficient (Wildman–Crippen LogP) is 3.78. The van der Waals surface area contributed by atoms with Crippen LogP contribution >= 0.6 is 0 Å². The van der Waals surface area contributed by atoms with Crippen LogP contribution in [0.25, 0.3) is 10.9 Å². The van der Waals surface area contributed by atoms with Crippen LogP contribution in [0.4, 0.5) is 10.1 Å². The summed E-state index contributed by atoms with van der Waals surface area (Å²) in [6.07, 6.45) is 0.673. The van der Waals surface area contributed by atoms with Crippen LogP contribution in [0.5, 0.6) is 0 Å².